The van der Waals surface area contributed by atoms with E-state index in [-0.39, 0.29) is 0 Å². The highest BCUT2D eigenvalue weighted by atomic mass is 15.2. The van der Waals surface area contributed by atoms with Gasteiger partial charge in [-0.25, -0.2) is 0 Å². The van der Waals surface area contributed by atoms with Crippen LogP contribution in [0.25, 0.3) is 11.3 Å². The van der Waals surface area contributed by atoms with E-state index < -0.39 is 0 Å². The molecular formula is C12H8N4. The Labute approximate surface area is 93.0 Å². The zero-order valence-corrected chi connectivity index (χ0v) is 8.68. The first kappa shape index (κ1) is 9.95. The van der Waals surface area contributed by atoms with Crippen LogP contribution >= 0.6 is 0 Å². The van der Waals surface area contributed by atoms with Crippen molar-refractivity contribution in [1.82, 2.24) is 9.78 Å². The molecule has 0 aliphatic carbocycles. The van der Waals surface area contributed by atoms with Crippen LogP contribution in [0.15, 0.2) is 30.5 Å². The molecule has 0 N–H and O–H groups in total. The van der Waals surface area contributed by atoms with Gasteiger partial charge in [0.05, 0.1) is 29.0 Å². The Morgan fingerprint density at radius 3 is 2.56 bits per heavy atom. The van der Waals surface area contributed by atoms with Crippen LogP contribution in [0.4, 0.5) is 0 Å². The van der Waals surface area contributed by atoms with Crippen molar-refractivity contribution in [1.29, 1.82) is 10.5 Å². The molecule has 2 aromatic rings. The lowest BCUT2D eigenvalue weighted by Gasteiger charge is -2.00. The fraction of sp³-hybridized carbons (Fsp3) is 0.0833. The van der Waals surface area contributed by atoms with Crippen LogP contribution in [0, 0.1) is 22.7 Å². The molecule has 16 heavy (non-hydrogen) atoms. The van der Waals surface area contributed by atoms with E-state index in [2.05, 4.69) is 17.2 Å². The predicted molar refractivity (Wildman–Crippen MR) is 58.1 cm³/mol. The molecule has 1 aromatic heterocycles. The van der Waals surface area contributed by atoms with Crippen LogP contribution in [0.1, 0.15) is 11.1 Å². The molecule has 0 saturated heterocycles. The van der Waals surface area contributed by atoms with Crippen LogP contribution in [-0.4, -0.2) is 9.78 Å². The van der Waals surface area contributed by atoms with Gasteiger partial charge in [-0.3, -0.25) is 4.68 Å². The average Bonchev–Trinajstić information content (AvgIpc) is 2.75. The topological polar surface area (TPSA) is 65.4 Å². The number of benzene rings is 1. The third-order valence-corrected chi connectivity index (χ3v) is 2.26. The van der Waals surface area contributed by atoms with Crippen LogP contribution < -0.4 is 0 Å². The molecule has 0 saturated carbocycles. The van der Waals surface area contributed by atoms with E-state index in [0.29, 0.717) is 22.4 Å². The minimum Gasteiger partial charge on any atom is -0.275 e. The molecule has 1 heterocycles. The highest BCUT2D eigenvalue weighted by Crippen LogP contribution is 2.22. The summed E-state index contributed by atoms with van der Waals surface area (Å²) in [7, 11) is 1.81. The number of aromatic nitrogens is 2. The molecule has 0 spiro atoms. The van der Waals surface area contributed by atoms with Gasteiger partial charge in [0.15, 0.2) is 0 Å². The smallest absolute Gasteiger partial charge is 0.0998 e. The lowest BCUT2D eigenvalue weighted by atomic mass is 10.0. The average molecular weight is 208 g/mol. The van der Waals surface area contributed by atoms with E-state index in [1.165, 1.54) is 0 Å². The molecule has 76 valence electrons. The molecular weight excluding hydrogens is 200 g/mol. The summed E-state index contributed by atoms with van der Waals surface area (Å²) in [6.07, 6.45) is 1.80. The van der Waals surface area contributed by atoms with Gasteiger partial charge in [0, 0.05) is 18.8 Å². The van der Waals surface area contributed by atoms with Gasteiger partial charge in [0.1, 0.15) is 0 Å². The number of nitriles is 2. The summed E-state index contributed by atoms with van der Waals surface area (Å²) < 4.78 is 1.66. The summed E-state index contributed by atoms with van der Waals surface area (Å²) in [6, 6.07) is 10.9. The van der Waals surface area contributed by atoms with Gasteiger partial charge in [-0.15, -0.1) is 0 Å². The molecule has 0 fully saturated rings. The van der Waals surface area contributed by atoms with Crippen molar-refractivity contribution in [2.24, 2.45) is 7.05 Å². The van der Waals surface area contributed by atoms with Crippen molar-refractivity contribution in [3.05, 3.63) is 41.6 Å². The van der Waals surface area contributed by atoms with Gasteiger partial charge < -0.3 is 0 Å². The monoisotopic (exact) mass is 208 g/mol. The van der Waals surface area contributed by atoms with E-state index in [1.807, 2.05) is 13.1 Å². The summed E-state index contributed by atoms with van der Waals surface area (Å²) in [6.45, 7) is 0. The predicted octanol–water partition coefficient (Wildman–Crippen LogP) is 1.83. The summed E-state index contributed by atoms with van der Waals surface area (Å²) in [4.78, 5) is 0. The van der Waals surface area contributed by atoms with E-state index >= 15 is 0 Å². The Morgan fingerprint density at radius 2 is 2.00 bits per heavy atom. The summed E-state index contributed by atoms with van der Waals surface area (Å²) in [5.41, 5.74) is 2.45. The number of rotatable bonds is 1. The lowest BCUT2D eigenvalue weighted by Crippen LogP contribution is -1.90. The van der Waals surface area contributed by atoms with E-state index in [0.717, 1.165) is 0 Å². The second-order valence-electron chi connectivity index (χ2n) is 3.36. The SMILES string of the molecule is Cn1ccc(-c2cc(C#N)ccc2C#N)n1. The van der Waals surface area contributed by atoms with Crippen LogP contribution in [0.5, 0.6) is 0 Å². The third kappa shape index (κ3) is 1.65. The van der Waals surface area contributed by atoms with Gasteiger partial charge in [-0.2, -0.15) is 15.6 Å². The number of aryl methyl sites for hydroxylation is 1. The fourth-order valence-corrected chi connectivity index (χ4v) is 1.48. The zero-order valence-electron chi connectivity index (χ0n) is 8.68. The second kappa shape index (κ2) is 3.88. The third-order valence-electron chi connectivity index (χ3n) is 2.26. The number of nitrogens with zero attached hydrogens (tertiary/aromatic N) is 4. The van der Waals surface area contributed by atoms with Crippen molar-refractivity contribution in [2.45, 2.75) is 0 Å². The van der Waals surface area contributed by atoms with Crippen LogP contribution in [0.2, 0.25) is 0 Å². The Hall–Kier alpha value is -2.59. The van der Waals surface area contributed by atoms with Crippen molar-refractivity contribution in [3.63, 3.8) is 0 Å². The molecule has 0 radical (unpaired) electrons. The van der Waals surface area contributed by atoms with E-state index in [1.54, 1.807) is 29.1 Å². The van der Waals surface area contributed by atoms with Gasteiger partial charge in [0.2, 0.25) is 0 Å². The summed E-state index contributed by atoms with van der Waals surface area (Å²) in [5.74, 6) is 0. The molecule has 0 bridgehead atoms. The van der Waals surface area contributed by atoms with Crippen molar-refractivity contribution in [3.8, 4) is 23.4 Å². The molecule has 0 unspecified atom stereocenters. The Morgan fingerprint density at radius 1 is 1.19 bits per heavy atom. The maximum absolute atomic E-state index is 8.98. The van der Waals surface area contributed by atoms with Gasteiger partial charge in [-0.1, -0.05) is 0 Å². The Balaban J connectivity index is 2.63. The number of hydrogen-bond donors (Lipinski definition) is 0. The standard InChI is InChI=1S/C12H8N4/c1-16-5-4-12(15-16)11-6-9(7-13)2-3-10(11)8-14/h2-6H,1H3. The highest BCUT2D eigenvalue weighted by molar-refractivity contribution is 5.68. The van der Waals surface area contributed by atoms with Crippen molar-refractivity contribution < 1.29 is 0 Å². The maximum atomic E-state index is 8.98. The normalized spacial score (nSPS) is 9.44. The van der Waals surface area contributed by atoms with E-state index in [9.17, 15) is 0 Å². The van der Waals surface area contributed by atoms with Crippen LogP contribution in [0.3, 0.4) is 0 Å². The van der Waals surface area contributed by atoms with Gasteiger partial charge >= 0.3 is 0 Å². The Bertz CT molecular complexity index is 611. The van der Waals surface area contributed by atoms with E-state index in [4.69, 9.17) is 10.5 Å². The molecule has 4 nitrogen and oxygen atoms in total. The largest absolute Gasteiger partial charge is 0.275 e. The summed E-state index contributed by atoms with van der Waals surface area (Å²) in [5, 5.41) is 22.0. The Kier molecular flexibility index (Phi) is 2.41. The molecule has 2 rings (SSSR count). The molecule has 0 aliphatic rings. The van der Waals surface area contributed by atoms with Gasteiger partial charge in [-0.05, 0) is 24.3 Å². The van der Waals surface area contributed by atoms with Crippen molar-refractivity contribution in [2.75, 3.05) is 0 Å². The quantitative estimate of drug-likeness (QED) is 0.718. The molecule has 0 atom stereocenters. The van der Waals surface area contributed by atoms with Gasteiger partial charge in [0.25, 0.3) is 0 Å². The molecule has 0 amide bonds. The number of hydrogen-bond acceptors (Lipinski definition) is 3. The molecule has 4 heteroatoms. The second-order valence-corrected chi connectivity index (χ2v) is 3.36. The molecule has 0 aliphatic heterocycles. The first-order valence-electron chi connectivity index (χ1n) is 4.69. The first-order valence-corrected chi connectivity index (χ1v) is 4.69. The maximum Gasteiger partial charge on any atom is 0.0998 e. The minimum atomic E-state index is 0.526. The minimum absolute atomic E-state index is 0.526. The van der Waals surface area contributed by atoms with Crippen LogP contribution in [-0.2, 0) is 7.05 Å². The molecule has 1 aromatic carbocycles. The fourth-order valence-electron chi connectivity index (χ4n) is 1.48. The zero-order chi connectivity index (χ0) is 11.5. The highest BCUT2D eigenvalue weighted by Gasteiger charge is 2.08. The van der Waals surface area contributed by atoms with Crippen molar-refractivity contribution >= 4 is 0 Å². The first-order chi connectivity index (χ1) is 7.74. The lowest BCUT2D eigenvalue weighted by molar-refractivity contribution is 0.771. The summed E-state index contributed by atoms with van der Waals surface area (Å²) >= 11 is 0.